The van der Waals surface area contributed by atoms with Crippen molar-refractivity contribution in [2.24, 2.45) is 0 Å². The van der Waals surface area contributed by atoms with Crippen molar-refractivity contribution in [3.05, 3.63) is 78.7 Å². The van der Waals surface area contributed by atoms with E-state index in [0.29, 0.717) is 0 Å². The molecular weight excluding hydrogens is 386 g/mol. The van der Waals surface area contributed by atoms with Gasteiger partial charge in [0, 0.05) is 37.3 Å². The van der Waals surface area contributed by atoms with Gasteiger partial charge in [-0.2, -0.15) is 0 Å². The average molecular weight is 408 g/mol. The molecule has 0 saturated carbocycles. The van der Waals surface area contributed by atoms with E-state index >= 15 is 0 Å². The van der Waals surface area contributed by atoms with Crippen LogP contribution in [0.5, 0.6) is 0 Å². The average Bonchev–Trinajstić information content (AvgIpc) is 3.33. The van der Waals surface area contributed by atoms with Crippen LogP contribution in [0.4, 0.5) is 0 Å². The van der Waals surface area contributed by atoms with Crippen LogP contribution in [-0.4, -0.2) is 4.98 Å². The van der Waals surface area contributed by atoms with Crippen LogP contribution in [0.2, 0.25) is 0 Å². The molecule has 0 N–H and O–H groups in total. The Morgan fingerprint density at radius 1 is 0.833 bits per heavy atom. The number of furan rings is 1. The van der Waals surface area contributed by atoms with E-state index in [1.54, 1.807) is 6.26 Å². The Bertz CT molecular complexity index is 1580. The van der Waals surface area contributed by atoms with Crippen LogP contribution in [0.3, 0.4) is 0 Å². The summed E-state index contributed by atoms with van der Waals surface area (Å²) in [5.41, 5.74) is 4.53. The van der Waals surface area contributed by atoms with Crippen molar-refractivity contribution in [3.63, 3.8) is 0 Å². The number of benzene rings is 3. The van der Waals surface area contributed by atoms with Gasteiger partial charge < -0.3 is 4.42 Å². The fourth-order valence-corrected chi connectivity index (χ4v) is 5.59. The van der Waals surface area contributed by atoms with Crippen LogP contribution in [0.1, 0.15) is 26.3 Å². The van der Waals surface area contributed by atoms with Crippen molar-refractivity contribution in [2.45, 2.75) is 26.2 Å². The van der Waals surface area contributed by atoms with E-state index in [1.807, 2.05) is 23.6 Å². The standard InChI is InChI=1S/C27H21NOS/c1-27(2,3)21-13-18(12-16-6-4-5-7-19(16)21)26-25-20-15-22-17(9-11-29-22)14-24(20)30-23(25)8-10-28-26/h4-15H,1-3H3. The Hall–Kier alpha value is -3.17. The highest BCUT2D eigenvalue weighted by molar-refractivity contribution is 7.26. The second-order valence-corrected chi connectivity index (χ2v) is 10.0. The van der Waals surface area contributed by atoms with Crippen molar-refractivity contribution in [1.82, 2.24) is 4.98 Å². The summed E-state index contributed by atoms with van der Waals surface area (Å²) in [6.45, 7) is 6.83. The minimum absolute atomic E-state index is 0.0422. The molecule has 0 amide bonds. The second kappa shape index (κ2) is 6.16. The molecule has 3 aromatic heterocycles. The molecule has 3 aromatic carbocycles. The van der Waals surface area contributed by atoms with Gasteiger partial charge in [0.2, 0.25) is 0 Å². The number of thiophene rings is 1. The van der Waals surface area contributed by atoms with E-state index < -0.39 is 0 Å². The van der Waals surface area contributed by atoms with Crippen molar-refractivity contribution < 1.29 is 4.42 Å². The first kappa shape index (κ1) is 17.7. The number of pyridine rings is 1. The maximum atomic E-state index is 5.70. The monoisotopic (exact) mass is 407 g/mol. The maximum absolute atomic E-state index is 5.70. The Morgan fingerprint density at radius 2 is 1.70 bits per heavy atom. The molecule has 3 heteroatoms. The van der Waals surface area contributed by atoms with Crippen molar-refractivity contribution >= 4 is 53.3 Å². The molecule has 30 heavy (non-hydrogen) atoms. The van der Waals surface area contributed by atoms with Crippen molar-refractivity contribution in [3.8, 4) is 11.3 Å². The quantitative estimate of drug-likeness (QED) is 0.274. The van der Waals surface area contributed by atoms with Crippen LogP contribution in [0.25, 0.3) is 53.2 Å². The molecule has 3 heterocycles. The molecule has 0 bridgehead atoms. The number of rotatable bonds is 1. The summed E-state index contributed by atoms with van der Waals surface area (Å²) in [5.74, 6) is 0. The van der Waals surface area contributed by atoms with Gasteiger partial charge in [-0.1, -0.05) is 45.0 Å². The van der Waals surface area contributed by atoms with E-state index in [-0.39, 0.29) is 5.41 Å². The van der Waals surface area contributed by atoms with Crippen LogP contribution in [-0.2, 0) is 5.41 Å². The minimum atomic E-state index is 0.0422. The van der Waals surface area contributed by atoms with Crippen molar-refractivity contribution in [2.75, 3.05) is 0 Å². The highest BCUT2D eigenvalue weighted by atomic mass is 32.1. The van der Waals surface area contributed by atoms with Gasteiger partial charge in [0.25, 0.3) is 0 Å². The van der Waals surface area contributed by atoms with Crippen LogP contribution in [0.15, 0.2) is 77.5 Å². The summed E-state index contributed by atoms with van der Waals surface area (Å²) in [6.07, 6.45) is 3.69. The molecule has 0 aliphatic rings. The lowest BCUT2D eigenvalue weighted by Crippen LogP contribution is -2.12. The number of fused-ring (bicyclic) bond motifs is 5. The van der Waals surface area contributed by atoms with Gasteiger partial charge in [-0.25, -0.2) is 0 Å². The van der Waals surface area contributed by atoms with Gasteiger partial charge in [0.05, 0.1) is 12.0 Å². The molecule has 0 aliphatic heterocycles. The summed E-state index contributed by atoms with van der Waals surface area (Å²) < 4.78 is 8.22. The third-order valence-electron chi connectivity index (χ3n) is 5.90. The summed E-state index contributed by atoms with van der Waals surface area (Å²) in [5, 5.41) is 6.14. The van der Waals surface area contributed by atoms with Gasteiger partial charge in [0.1, 0.15) is 5.58 Å². The molecule has 0 atom stereocenters. The number of aromatic nitrogens is 1. The predicted molar refractivity (Wildman–Crippen MR) is 129 cm³/mol. The Kier molecular flexibility index (Phi) is 3.63. The third-order valence-corrected chi connectivity index (χ3v) is 7.02. The van der Waals surface area contributed by atoms with E-state index in [9.17, 15) is 0 Å². The SMILES string of the molecule is CC(C)(C)c1cc(-c2nccc3sc4cc5ccoc5cc4c23)cc2ccccc12. The first-order valence-electron chi connectivity index (χ1n) is 10.2. The first-order chi connectivity index (χ1) is 14.5. The maximum Gasteiger partial charge on any atom is 0.134 e. The summed E-state index contributed by atoms with van der Waals surface area (Å²) >= 11 is 1.82. The van der Waals surface area contributed by atoms with Crippen LogP contribution < -0.4 is 0 Å². The lowest BCUT2D eigenvalue weighted by atomic mass is 9.82. The van der Waals surface area contributed by atoms with E-state index in [4.69, 9.17) is 9.40 Å². The number of hydrogen-bond acceptors (Lipinski definition) is 3. The van der Waals surface area contributed by atoms with E-state index in [1.165, 1.54) is 42.1 Å². The Labute approximate surface area is 178 Å². The molecule has 6 aromatic rings. The topological polar surface area (TPSA) is 26.0 Å². The number of hydrogen-bond donors (Lipinski definition) is 0. The molecule has 0 saturated heterocycles. The zero-order valence-electron chi connectivity index (χ0n) is 17.2. The van der Waals surface area contributed by atoms with Gasteiger partial charge in [0.15, 0.2) is 0 Å². The highest BCUT2D eigenvalue weighted by Crippen LogP contribution is 2.42. The molecule has 0 aliphatic carbocycles. The van der Waals surface area contributed by atoms with Gasteiger partial charge in [-0.3, -0.25) is 4.98 Å². The van der Waals surface area contributed by atoms with Gasteiger partial charge in [-0.05, 0) is 58.1 Å². The van der Waals surface area contributed by atoms with Gasteiger partial charge >= 0.3 is 0 Å². The first-order valence-corrected chi connectivity index (χ1v) is 11.0. The molecule has 146 valence electrons. The zero-order chi connectivity index (χ0) is 20.5. The normalized spacial score (nSPS) is 12.5. The van der Waals surface area contributed by atoms with Crippen molar-refractivity contribution in [1.29, 1.82) is 0 Å². The van der Waals surface area contributed by atoms with Gasteiger partial charge in [-0.15, -0.1) is 11.3 Å². The lowest BCUT2D eigenvalue weighted by molar-refractivity contribution is 0.596. The molecule has 0 unspecified atom stereocenters. The molecular formula is C27H21NOS. The molecule has 0 fully saturated rings. The highest BCUT2D eigenvalue weighted by Gasteiger charge is 2.20. The van der Waals surface area contributed by atoms with E-state index in [0.717, 1.165) is 16.7 Å². The Morgan fingerprint density at radius 3 is 2.57 bits per heavy atom. The third kappa shape index (κ3) is 2.59. The van der Waals surface area contributed by atoms with Crippen LogP contribution >= 0.6 is 11.3 Å². The van der Waals surface area contributed by atoms with Crippen LogP contribution in [0, 0.1) is 0 Å². The summed E-state index contributed by atoms with van der Waals surface area (Å²) in [6, 6.07) is 21.8. The smallest absolute Gasteiger partial charge is 0.134 e. The molecule has 6 rings (SSSR count). The van der Waals surface area contributed by atoms with E-state index in [2.05, 4.69) is 75.4 Å². The second-order valence-electron chi connectivity index (χ2n) is 8.94. The summed E-state index contributed by atoms with van der Waals surface area (Å²) in [4.78, 5) is 4.87. The number of nitrogens with zero attached hydrogens (tertiary/aromatic N) is 1. The molecule has 2 nitrogen and oxygen atoms in total. The fraction of sp³-hybridized carbons (Fsp3) is 0.148. The largest absolute Gasteiger partial charge is 0.464 e. The summed E-state index contributed by atoms with van der Waals surface area (Å²) in [7, 11) is 0. The predicted octanol–water partition coefficient (Wildman–Crippen LogP) is 8.31. The Balaban J connectivity index is 1.72. The minimum Gasteiger partial charge on any atom is -0.464 e. The fourth-order valence-electron chi connectivity index (χ4n) is 4.46. The zero-order valence-corrected chi connectivity index (χ0v) is 18.0. The molecule has 0 radical (unpaired) electrons. The molecule has 0 spiro atoms. The lowest BCUT2D eigenvalue weighted by Gasteiger charge is -2.23.